The van der Waals surface area contributed by atoms with Crippen LogP contribution in [0.15, 0.2) is 24.3 Å². The Morgan fingerprint density at radius 1 is 1.39 bits per heavy atom. The molecular weight excluding hydrogens is 345 g/mol. The average molecular weight is 361 g/mol. The Balaban J connectivity index is 1.93. The number of benzene rings is 1. The number of hydrogen-bond acceptors (Lipinski definition) is 3. The quantitative estimate of drug-likeness (QED) is 0.614. The first-order valence-electron chi connectivity index (χ1n) is 5.99. The number of amides is 1. The minimum absolute atomic E-state index is 0.152. The van der Waals surface area contributed by atoms with Crippen molar-refractivity contribution in [2.24, 2.45) is 0 Å². The molecule has 1 atom stereocenters. The van der Waals surface area contributed by atoms with E-state index in [1.54, 1.807) is 19.2 Å². The van der Waals surface area contributed by atoms with Crippen LogP contribution in [0.5, 0.6) is 0 Å². The lowest BCUT2D eigenvalue weighted by atomic mass is 10.2. The van der Waals surface area contributed by atoms with Crippen molar-refractivity contribution in [3.05, 3.63) is 33.4 Å². The number of carbonyl (C=O) groups excluding carboxylic acids is 1. The highest BCUT2D eigenvalue weighted by molar-refractivity contribution is 14.1. The lowest BCUT2D eigenvalue weighted by Crippen LogP contribution is -2.34. The maximum absolute atomic E-state index is 12.1. The average Bonchev–Trinajstić information content (AvgIpc) is 2.40. The van der Waals surface area contributed by atoms with Gasteiger partial charge in [-0.1, -0.05) is 0 Å². The monoisotopic (exact) mass is 361 g/mol. The molecule has 1 aliphatic rings. The van der Waals surface area contributed by atoms with Gasteiger partial charge in [0.1, 0.15) is 0 Å². The highest BCUT2D eigenvalue weighted by atomic mass is 127. The molecule has 98 valence electrons. The van der Waals surface area contributed by atoms with E-state index in [2.05, 4.69) is 22.6 Å². The van der Waals surface area contributed by atoms with E-state index in [0.29, 0.717) is 12.2 Å². The van der Waals surface area contributed by atoms with Crippen molar-refractivity contribution in [1.29, 1.82) is 0 Å². The van der Waals surface area contributed by atoms with Crippen LogP contribution in [0.3, 0.4) is 0 Å². The van der Waals surface area contributed by atoms with E-state index in [1.807, 2.05) is 12.1 Å². The van der Waals surface area contributed by atoms with Crippen LogP contribution in [0.25, 0.3) is 0 Å². The molecule has 0 N–H and O–H groups in total. The summed E-state index contributed by atoms with van der Waals surface area (Å²) in [7, 11) is 1.62. The van der Waals surface area contributed by atoms with Gasteiger partial charge in [0, 0.05) is 29.2 Å². The van der Waals surface area contributed by atoms with E-state index in [9.17, 15) is 4.79 Å². The molecule has 0 radical (unpaired) electrons. The SMILES string of the molecule is CN(OC1CCCCO1)C(=O)c1ccc(I)cc1. The Bertz CT molecular complexity index is 401. The van der Waals surface area contributed by atoms with Crippen LogP contribution >= 0.6 is 22.6 Å². The van der Waals surface area contributed by atoms with Crippen molar-refractivity contribution in [2.75, 3.05) is 13.7 Å². The molecule has 0 spiro atoms. The third kappa shape index (κ3) is 3.66. The molecule has 1 aromatic carbocycles. The van der Waals surface area contributed by atoms with E-state index in [-0.39, 0.29) is 12.2 Å². The number of carbonyl (C=O) groups is 1. The Morgan fingerprint density at radius 3 is 2.72 bits per heavy atom. The summed E-state index contributed by atoms with van der Waals surface area (Å²) in [6.07, 6.45) is 2.69. The van der Waals surface area contributed by atoms with Crippen LogP contribution in [0.4, 0.5) is 0 Å². The normalized spacial score (nSPS) is 19.6. The molecule has 5 heteroatoms. The molecule has 1 amide bonds. The van der Waals surface area contributed by atoms with Gasteiger partial charge in [-0.15, -0.1) is 0 Å². The third-order valence-electron chi connectivity index (χ3n) is 2.79. The zero-order valence-electron chi connectivity index (χ0n) is 10.3. The summed E-state index contributed by atoms with van der Waals surface area (Å²) in [4.78, 5) is 17.6. The second-order valence-corrected chi connectivity index (χ2v) is 5.46. The van der Waals surface area contributed by atoms with Gasteiger partial charge in [0.2, 0.25) is 0 Å². The fraction of sp³-hybridized carbons (Fsp3) is 0.462. The van der Waals surface area contributed by atoms with Crippen molar-refractivity contribution in [1.82, 2.24) is 5.06 Å². The standard InChI is InChI=1S/C13H16INO3/c1-15(18-12-4-2-3-9-17-12)13(16)10-5-7-11(14)8-6-10/h5-8,12H,2-4,9H2,1H3. The first-order chi connectivity index (χ1) is 8.66. The van der Waals surface area contributed by atoms with Gasteiger partial charge < -0.3 is 4.74 Å². The van der Waals surface area contributed by atoms with Crippen molar-refractivity contribution < 1.29 is 14.4 Å². The minimum atomic E-state index is -0.295. The Labute approximate surface area is 120 Å². The van der Waals surface area contributed by atoms with Crippen molar-refractivity contribution in [2.45, 2.75) is 25.6 Å². The van der Waals surface area contributed by atoms with Crippen molar-refractivity contribution in [3.8, 4) is 0 Å². The number of hydroxylamine groups is 2. The molecule has 0 bridgehead atoms. The molecule has 1 heterocycles. The van der Waals surface area contributed by atoms with Crippen LogP contribution < -0.4 is 0 Å². The summed E-state index contributed by atoms with van der Waals surface area (Å²) in [6.45, 7) is 0.705. The number of hydrogen-bond donors (Lipinski definition) is 0. The molecule has 1 saturated heterocycles. The van der Waals surface area contributed by atoms with Crippen LogP contribution in [0.1, 0.15) is 29.6 Å². The zero-order valence-corrected chi connectivity index (χ0v) is 12.4. The topological polar surface area (TPSA) is 38.8 Å². The first-order valence-corrected chi connectivity index (χ1v) is 7.06. The lowest BCUT2D eigenvalue weighted by molar-refractivity contribution is -0.258. The molecule has 0 aliphatic carbocycles. The smallest absolute Gasteiger partial charge is 0.277 e. The third-order valence-corrected chi connectivity index (χ3v) is 3.51. The summed E-state index contributed by atoms with van der Waals surface area (Å²) >= 11 is 2.21. The molecule has 0 saturated carbocycles. The number of nitrogens with zero attached hydrogens (tertiary/aromatic N) is 1. The van der Waals surface area contributed by atoms with Gasteiger partial charge in [-0.3, -0.25) is 4.79 Å². The van der Waals surface area contributed by atoms with Crippen molar-refractivity contribution in [3.63, 3.8) is 0 Å². The Kier molecular flexibility index (Phi) is 4.96. The molecule has 1 fully saturated rings. The fourth-order valence-corrected chi connectivity index (χ4v) is 2.15. The highest BCUT2D eigenvalue weighted by Crippen LogP contribution is 2.16. The van der Waals surface area contributed by atoms with Gasteiger partial charge in [-0.05, 0) is 59.7 Å². The molecule has 4 nitrogen and oxygen atoms in total. The van der Waals surface area contributed by atoms with Crippen LogP contribution in [-0.4, -0.2) is 30.9 Å². The van der Waals surface area contributed by atoms with E-state index >= 15 is 0 Å². The molecule has 0 aromatic heterocycles. The number of rotatable bonds is 3. The van der Waals surface area contributed by atoms with Gasteiger partial charge in [0.25, 0.3) is 5.91 Å². The zero-order chi connectivity index (χ0) is 13.0. The molecule has 1 aromatic rings. The number of ether oxygens (including phenoxy) is 1. The predicted molar refractivity (Wildman–Crippen MR) is 75.9 cm³/mol. The van der Waals surface area contributed by atoms with Gasteiger partial charge in [-0.2, -0.15) is 0 Å². The summed E-state index contributed by atoms with van der Waals surface area (Å²) in [5, 5.41) is 1.26. The lowest BCUT2D eigenvalue weighted by Gasteiger charge is -2.26. The van der Waals surface area contributed by atoms with Gasteiger partial charge >= 0.3 is 0 Å². The second-order valence-electron chi connectivity index (χ2n) is 4.21. The fourth-order valence-electron chi connectivity index (χ4n) is 1.79. The molecule has 1 unspecified atom stereocenters. The van der Waals surface area contributed by atoms with Crippen molar-refractivity contribution >= 4 is 28.5 Å². The predicted octanol–water partition coefficient (Wildman–Crippen LogP) is 2.82. The maximum atomic E-state index is 12.1. The largest absolute Gasteiger partial charge is 0.350 e. The molecular formula is C13H16INO3. The Morgan fingerprint density at radius 2 is 2.11 bits per heavy atom. The van der Waals surface area contributed by atoms with E-state index in [4.69, 9.17) is 9.57 Å². The van der Waals surface area contributed by atoms with Crippen LogP contribution in [0.2, 0.25) is 0 Å². The van der Waals surface area contributed by atoms with Gasteiger partial charge in [0.05, 0.1) is 0 Å². The summed E-state index contributed by atoms with van der Waals surface area (Å²) in [5.41, 5.74) is 0.619. The van der Waals surface area contributed by atoms with E-state index in [1.165, 1.54) is 5.06 Å². The first kappa shape index (κ1) is 13.8. The molecule has 2 rings (SSSR count). The van der Waals surface area contributed by atoms with Crippen LogP contribution in [-0.2, 0) is 9.57 Å². The van der Waals surface area contributed by atoms with E-state index < -0.39 is 0 Å². The number of halogens is 1. The minimum Gasteiger partial charge on any atom is -0.350 e. The second kappa shape index (κ2) is 6.49. The maximum Gasteiger partial charge on any atom is 0.277 e. The summed E-state index contributed by atoms with van der Waals surface area (Å²) in [5.74, 6) is -0.152. The van der Waals surface area contributed by atoms with E-state index in [0.717, 1.165) is 22.8 Å². The Hall–Kier alpha value is -0.660. The summed E-state index contributed by atoms with van der Waals surface area (Å²) in [6, 6.07) is 7.40. The van der Waals surface area contributed by atoms with Crippen LogP contribution in [0, 0.1) is 3.57 Å². The summed E-state index contributed by atoms with van der Waals surface area (Å²) < 4.78 is 6.54. The molecule has 18 heavy (non-hydrogen) atoms. The highest BCUT2D eigenvalue weighted by Gasteiger charge is 2.20. The molecule has 1 aliphatic heterocycles. The van der Waals surface area contributed by atoms with Gasteiger partial charge in [0.15, 0.2) is 6.29 Å². The van der Waals surface area contributed by atoms with Gasteiger partial charge in [-0.25, -0.2) is 9.90 Å².